The van der Waals surface area contributed by atoms with Crippen LogP contribution in [-0.4, -0.2) is 48.9 Å². The summed E-state index contributed by atoms with van der Waals surface area (Å²) in [5, 5.41) is 0. The van der Waals surface area contributed by atoms with E-state index in [1.807, 2.05) is 13.8 Å². The van der Waals surface area contributed by atoms with Crippen molar-refractivity contribution in [1.29, 1.82) is 0 Å². The van der Waals surface area contributed by atoms with Gasteiger partial charge < -0.3 is 42.6 Å². The van der Waals surface area contributed by atoms with E-state index in [0.29, 0.717) is 13.2 Å². The summed E-state index contributed by atoms with van der Waals surface area (Å²) in [7, 11) is 4.75. The fourth-order valence-electron chi connectivity index (χ4n) is 1.27. The molecule has 0 saturated carbocycles. The predicted octanol–water partition coefficient (Wildman–Crippen LogP) is 3.48. The van der Waals surface area contributed by atoms with Crippen LogP contribution in [0.4, 0.5) is 0 Å². The van der Waals surface area contributed by atoms with E-state index in [2.05, 4.69) is 0 Å². The van der Waals surface area contributed by atoms with Crippen LogP contribution >= 0.6 is 19.9 Å². The van der Waals surface area contributed by atoms with Gasteiger partial charge in [0.2, 0.25) is 0 Å². The Kier molecular flexibility index (Phi) is 13.3. The third-order valence-corrected chi connectivity index (χ3v) is 6.70. The van der Waals surface area contributed by atoms with E-state index in [9.17, 15) is 0 Å². The summed E-state index contributed by atoms with van der Waals surface area (Å²) < 4.78 is 20.5. The zero-order valence-corrected chi connectivity index (χ0v) is 20.3. The van der Waals surface area contributed by atoms with Gasteiger partial charge in [-0.05, 0) is 26.7 Å². The second-order valence-corrected chi connectivity index (χ2v) is 13.9. The van der Waals surface area contributed by atoms with Crippen LogP contribution in [0.15, 0.2) is 0 Å². The van der Waals surface area contributed by atoms with Crippen LogP contribution in [0.25, 0.3) is 0 Å². The second kappa shape index (κ2) is 11.5. The first kappa shape index (κ1) is 23.0. The van der Waals surface area contributed by atoms with Gasteiger partial charge in [0.15, 0.2) is 0 Å². The predicted molar refractivity (Wildman–Crippen MR) is 97.1 cm³/mol. The Morgan fingerprint density at radius 3 is 1.40 bits per heavy atom. The van der Waals surface area contributed by atoms with Crippen LogP contribution < -0.4 is 0 Å². The molecule has 2 heterocycles. The average Bonchev–Trinajstić information content (AvgIpc) is 2.28. The summed E-state index contributed by atoms with van der Waals surface area (Å²) in [4.78, 5) is 0. The number of halogens is 1. The monoisotopic (exact) mass is 610 g/mol. The molecule has 4 atom stereocenters. The van der Waals surface area contributed by atoms with Gasteiger partial charge in [-0.25, -0.2) is 0 Å². The van der Waals surface area contributed by atoms with E-state index in [1.165, 1.54) is 0 Å². The van der Waals surface area contributed by atoms with Crippen molar-refractivity contribution in [2.75, 3.05) is 13.2 Å². The van der Waals surface area contributed by atoms with Gasteiger partial charge >= 0.3 is 32.0 Å². The topological polar surface area (TPSA) is 36.9 Å². The summed E-state index contributed by atoms with van der Waals surface area (Å²) >= 11 is 20.3. The fourth-order valence-corrected chi connectivity index (χ4v) is 5.80. The molecular weight excluding hydrogens is 595 g/mol. The summed E-state index contributed by atoms with van der Waals surface area (Å²) in [6.45, 7) is 5.27. The molecule has 2 radical (unpaired) electrons. The molecule has 0 amide bonds. The molecule has 0 spiro atoms. The molecule has 118 valence electrons. The molecule has 20 heavy (non-hydrogen) atoms. The molecule has 0 aromatic carbocycles. The first-order valence-corrected chi connectivity index (χ1v) is 17.2. The van der Waals surface area contributed by atoms with Crippen LogP contribution in [0.3, 0.4) is 0 Å². The van der Waals surface area contributed by atoms with E-state index < -0.39 is 11.4 Å². The van der Waals surface area contributed by atoms with Crippen molar-refractivity contribution in [3.8, 4) is 0 Å². The molecule has 0 N–H and O–H groups in total. The van der Waals surface area contributed by atoms with Gasteiger partial charge in [0.25, 0.3) is 0 Å². The van der Waals surface area contributed by atoms with Crippen LogP contribution in [0.1, 0.15) is 26.7 Å². The maximum absolute atomic E-state index is 5.19. The van der Waals surface area contributed by atoms with Crippen molar-refractivity contribution in [3.05, 3.63) is 0 Å². The van der Waals surface area contributed by atoms with Crippen molar-refractivity contribution >= 4 is 91.5 Å². The average molecular weight is 611 g/mol. The van der Waals surface area contributed by atoms with Crippen molar-refractivity contribution in [2.45, 2.75) is 38.9 Å². The van der Waals surface area contributed by atoms with Crippen LogP contribution in [0.2, 0.25) is 0 Å². The Morgan fingerprint density at radius 2 is 1.25 bits per heavy atom. The van der Waals surface area contributed by atoms with Crippen LogP contribution in [-0.2, 0) is 66.2 Å². The molecule has 0 bridgehead atoms. The summed E-state index contributed by atoms with van der Waals surface area (Å²) in [6.07, 6.45) is 2.22. The Labute approximate surface area is 160 Å². The minimum absolute atomic E-state index is 0.196. The molecule has 2 aliphatic heterocycles. The summed E-state index contributed by atoms with van der Waals surface area (Å²) in [5.74, 6) is 0. The Hall–Kier alpha value is 3.01. The van der Waals surface area contributed by atoms with E-state index in [0.717, 1.165) is 36.4 Å². The number of hydrogen-bond acceptors (Lipinski definition) is 8. The number of hydrogen-bond donors (Lipinski definition) is 0. The molecule has 0 aliphatic carbocycles. The second-order valence-electron chi connectivity index (χ2n) is 3.97. The normalized spacial score (nSPS) is 40.6. The molecule has 0 aromatic rings. The molecule has 0 aromatic heterocycles. The summed E-state index contributed by atoms with van der Waals surface area (Å²) in [5.41, 5.74) is -4.45. The molecule has 2 saturated heterocycles. The maximum atomic E-state index is 5.19. The molecule has 4 unspecified atom stereocenters. The molecular formula is C8H16BiClO4P2S4. The van der Waals surface area contributed by atoms with Gasteiger partial charge in [-0.1, -0.05) is 23.6 Å². The number of rotatable bonds is 0. The fraction of sp³-hybridized carbons (Fsp3) is 1.00. The summed E-state index contributed by atoms with van der Waals surface area (Å²) in [6, 6.07) is 0. The van der Waals surface area contributed by atoms with Crippen molar-refractivity contribution in [3.63, 3.8) is 0 Å². The van der Waals surface area contributed by atoms with Gasteiger partial charge in [-0.3, -0.25) is 0 Å². The first-order chi connectivity index (χ1) is 9.20. The Morgan fingerprint density at radius 1 is 0.950 bits per heavy atom. The first-order valence-electron chi connectivity index (χ1n) is 5.65. The van der Waals surface area contributed by atoms with Crippen molar-refractivity contribution in [1.82, 2.24) is 0 Å². The Bertz CT molecular complexity index is 344. The zero-order valence-electron chi connectivity index (χ0n) is 11.0. The van der Waals surface area contributed by atoms with Crippen molar-refractivity contribution < 1.29 is 18.1 Å². The molecule has 2 aliphatic rings. The van der Waals surface area contributed by atoms with Gasteiger partial charge in [0, 0.05) is 0 Å². The van der Waals surface area contributed by atoms with Crippen LogP contribution in [0, 0.1) is 0 Å². The van der Waals surface area contributed by atoms with Gasteiger partial charge in [0.05, 0.1) is 36.8 Å². The standard InChI is InChI=1S/2C4H9O2PS2.Bi.ClH/c2*1-4-2-3-5-7(8,9)6-4;;/h2*4H,2-3H2,1H3,(H,8,9);;1H/q;;+3;/p-3. The molecule has 2 rings (SSSR count). The third kappa shape index (κ3) is 11.5. The van der Waals surface area contributed by atoms with Crippen molar-refractivity contribution in [2.24, 2.45) is 0 Å². The van der Waals surface area contributed by atoms with E-state index in [1.54, 1.807) is 0 Å². The molecule has 4 nitrogen and oxygen atoms in total. The van der Waals surface area contributed by atoms with Crippen LogP contribution in [0.5, 0.6) is 0 Å². The molecule has 12 heteroatoms. The molecule has 2 fully saturated rings. The third-order valence-electron chi connectivity index (χ3n) is 2.17. The van der Waals surface area contributed by atoms with Gasteiger partial charge in [0.1, 0.15) is 0 Å². The van der Waals surface area contributed by atoms with E-state index in [-0.39, 0.29) is 12.2 Å². The van der Waals surface area contributed by atoms with E-state index in [4.69, 9.17) is 74.7 Å². The van der Waals surface area contributed by atoms with Gasteiger partial charge in [-0.15, -0.1) is 0 Å². The van der Waals surface area contributed by atoms with Gasteiger partial charge in [-0.2, -0.15) is 0 Å². The SMILES string of the molecule is CC1CCOP(=S)([S-])O1.CC1CCOP(=S)([S-])O1.[Cl][Bi+2]. The quantitative estimate of drug-likeness (QED) is 0.235. The zero-order chi connectivity index (χ0) is 15.8. The minimum atomic E-state index is -2.23. The van der Waals surface area contributed by atoms with E-state index >= 15 is 0 Å². The Balaban J connectivity index is 0.000000321.